The molecule has 9 heteroatoms. The molecule has 8 nitrogen and oxygen atoms in total. The highest BCUT2D eigenvalue weighted by Crippen LogP contribution is 2.20. The minimum absolute atomic E-state index is 0.123. The Bertz CT molecular complexity index is 1590. The highest BCUT2D eigenvalue weighted by atomic mass is 32.2. The van der Waals surface area contributed by atoms with E-state index in [1.807, 2.05) is 36.4 Å². The van der Waals surface area contributed by atoms with E-state index in [2.05, 4.69) is 27.1 Å². The number of aromatic amines is 1. The topological polar surface area (TPSA) is 98.5 Å². The van der Waals surface area contributed by atoms with Crippen LogP contribution in [0.15, 0.2) is 75.7 Å². The Kier molecular flexibility index (Phi) is 6.76. The highest BCUT2D eigenvalue weighted by Gasteiger charge is 2.13. The van der Waals surface area contributed by atoms with Gasteiger partial charge < -0.3 is 4.57 Å². The summed E-state index contributed by atoms with van der Waals surface area (Å²) >= 11 is 1.49. The normalized spacial score (nSPS) is 11.5. The summed E-state index contributed by atoms with van der Waals surface area (Å²) < 4.78 is 3.11. The maximum atomic E-state index is 13.3. The first-order valence-electron chi connectivity index (χ1n) is 11.8. The van der Waals surface area contributed by atoms with Gasteiger partial charge in [-0.3, -0.25) is 14.2 Å². The van der Waals surface area contributed by atoms with Crippen LogP contribution >= 0.6 is 11.8 Å². The number of pyridine rings is 3. The lowest BCUT2D eigenvalue weighted by Gasteiger charge is -2.08. The summed E-state index contributed by atoms with van der Waals surface area (Å²) in [7, 11) is 0. The molecule has 178 valence electrons. The van der Waals surface area contributed by atoms with Crippen LogP contribution in [0.1, 0.15) is 38.2 Å². The lowest BCUT2D eigenvalue weighted by Crippen LogP contribution is -2.22. The number of nitrogens with one attached hydrogen (secondary N) is 1. The molecule has 1 N–H and O–H groups in total. The van der Waals surface area contributed by atoms with Gasteiger partial charge in [-0.05, 0) is 30.2 Å². The summed E-state index contributed by atoms with van der Waals surface area (Å²) in [6.07, 6.45) is 7.76. The lowest BCUT2D eigenvalue weighted by molar-refractivity contribution is 0.573. The average molecular weight is 487 g/mol. The number of hydrogen-bond donors (Lipinski definition) is 1. The van der Waals surface area contributed by atoms with Crippen LogP contribution in [-0.4, -0.2) is 29.3 Å². The zero-order valence-corrected chi connectivity index (χ0v) is 20.3. The largest absolute Gasteiger partial charge is 0.315 e. The number of H-pyrrole nitrogens is 1. The van der Waals surface area contributed by atoms with E-state index < -0.39 is 0 Å². The van der Waals surface area contributed by atoms with Crippen LogP contribution in [0, 0.1) is 0 Å². The van der Waals surface area contributed by atoms with Crippen molar-refractivity contribution in [2.45, 2.75) is 50.1 Å². The molecule has 35 heavy (non-hydrogen) atoms. The Balaban J connectivity index is 1.45. The molecule has 0 amide bonds. The molecule has 5 aromatic rings. The molecule has 0 radical (unpaired) electrons. The Morgan fingerprint density at radius 3 is 2.46 bits per heavy atom. The molecule has 0 fully saturated rings. The minimum Gasteiger partial charge on any atom is -0.315 e. The molecule has 0 atom stereocenters. The van der Waals surface area contributed by atoms with Gasteiger partial charge in [0.1, 0.15) is 0 Å². The van der Waals surface area contributed by atoms with Crippen LogP contribution in [0.5, 0.6) is 0 Å². The smallest absolute Gasteiger partial charge is 0.266 e. The predicted molar refractivity (Wildman–Crippen MR) is 139 cm³/mol. The van der Waals surface area contributed by atoms with Gasteiger partial charge in [-0.1, -0.05) is 68.3 Å². The van der Waals surface area contributed by atoms with Gasteiger partial charge in [-0.25, -0.2) is 10.1 Å². The van der Waals surface area contributed by atoms with E-state index in [1.165, 1.54) is 21.9 Å². The third-order valence-corrected chi connectivity index (χ3v) is 6.88. The van der Waals surface area contributed by atoms with Gasteiger partial charge in [0.25, 0.3) is 11.1 Å². The molecule has 0 aliphatic heterocycles. The number of aromatic nitrogens is 6. The molecule has 5 rings (SSSR count). The monoisotopic (exact) mass is 486 g/mol. The van der Waals surface area contributed by atoms with Crippen LogP contribution in [0.3, 0.4) is 0 Å². The zero-order valence-electron chi connectivity index (χ0n) is 19.5. The molecular weight excluding hydrogens is 460 g/mol. The van der Waals surface area contributed by atoms with Crippen molar-refractivity contribution in [3.05, 3.63) is 87.2 Å². The molecule has 4 heterocycles. The number of rotatable bonds is 9. The first kappa shape index (κ1) is 23.0. The molecule has 0 saturated heterocycles. The standard InChI is InChI=1S/C26H26N6O2S/c1-2-3-4-8-13-31-14-11-21-19(23(31)33)16-20-22(27-21)12-15-32(24(20)34)25-28-26(30-29-25)35-17-18-9-6-5-7-10-18/h5-7,9-12,14-16H,2-4,8,13,17H2,1H3,(H,28,29,30). The summed E-state index contributed by atoms with van der Waals surface area (Å²) in [4.78, 5) is 35.5. The van der Waals surface area contributed by atoms with Gasteiger partial charge in [0.05, 0.1) is 21.8 Å². The molecule has 0 aliphatic carbocycles. The Morgan fingerprint density at radius 1 is 0.886 bits per heavy atom. The van der Waals surface area contributed by atoms with Crippen molar-refractivity contribution in [1.29, 1.82) is 0 Å². The van der Waals surface area contributed by atoms with Gasteiger partial charge in [0, 0.05) is 24.7 Å². The molecule has 0 spiro atoms. The zero-order chi connectivity index (χ0) is 24.2. The van der Waals surface area contributed by atoms with Crippen molar-refractivity contribution in [2.24, 2.45) is 0 Å². The van der Waals surface area contributed by atoms with Crippen molar-refractivity contribution in [2.75, 3.05) is 0 Å². The predicted octanol–water partition coefficient (Wildman–Crippen LogP) is 4.69. The fraction of sp³-hybridized carbons (Fsp3) is 0.269. The third-order valence-electron chi connectivity index (χ3n) is 5.96. The molecular formula is C26H26N6O2S. The Morgan fingerprint density at radius 2 is 1.66 bits per heavy atom. The number of fused-ring (bicyclic) bond motifs is 2. The Labute approximate surface area is 206 Å². The number of thioether (sulfide) groups is 1. The minimum atomic E-state index is -0.301. The lowest BCUT2D eigenvalue weighted by atomic mass is 10.1. The van der Waals surface area contributed by atoms with E-state index in [0.29, 0.717) is 39.5 Å². The Hall–Kier alpha value is -3.72. The van der Waals surface area contributed by atoms with E-state index in [-0.39, 0.29) is 11.1 Å². The number of nitrogens with zero attached hydrogens (tertiary/aromatic N) is 5. The van der Waals surface area contributed by atoms with Crippen molar-refractivity contribution in [1.82, 2.24) is 29.3 Å². The number of hydrogen-bond acceptors (Lipinski definition) is 6. The van der Waals surface area contributed by atoms with Gasteiger partial charge in [-0.15, -0.1) is 5.10 Å². The highest BCUT2D eigenvalue weighted by molar-refractivity contribution is 7.98. The maximum absolute atomic E-state index is 13.3. The second kappa shape index (κ2) is 10.3. The van der Waals surface area contributed by atoms with Gasteiger partial charge in [0.2, 0.25) is 11.1 Å². The quantitative estimate of drug-likeness (QED) is 0.184. The van der Waals surface area contributed by atoms with Crippen molar-refractivity contribution < 1.29 is 0 Å². The summed E-state index contributed by atoms with van der Waals surface area (Å²) in [6, 6.07) is 15.3. The van der Waals surface area contributed by atoms with Crippen molar-refractivity contribution in [3.63, 3.8) is 0 Å². The SMILES string of the molecule is CCCCCCn1ccc2nc3ccn(-c4nc(SCc5ccccc5)n[nH]4)c(=O)c3cc2c1=O. The summed E-state index contributed by atoms with van der Waals surface area (Å²) in [5.41, 5.74) is 1.87. The van der Waals surface area contributed by atoms with Crippen LogP contribution < -0.4 is 11.1 Å². The maximum Gasteiger partial charge on any atom is 0.266 e. The van der Waals surface area contributed by atoms with Crippen molar-refractivity contribution >= 4 is 33.6 Å². The van der Waals surface area contributed by atoms with Crippen LogP contribution in [0.25, 0.3) is 27.8 Å². The first-order chi connectivity index (χ1) is 17.1. The van der Waals surface area contributed by atoms with Gasteiger partial charge in [0.15, 0.2) is 0 Å². The van der Waals surface area contributed by atoms with E-state index in [9.17, 15) is 9.59 Å². The molecule has 0 bridgehead atoms. The fourth-order valence-electron chi connectivity index (χ4n) is 4.05. The van der Waals surface area contributed by atoms with Gasteiger partial charge in [-0.2, -0.15) is 4.98 Å². The van der Waals surface area contributed by atoms with Gasteiger partial charge >= 0.3 is 0 Å². The number of aryl methyl sites for hydroxylation is 1. The van der Waals surface area contributed by atoms with Crippen molar-refractivity contribution in [3.8, 4) is 5.95 Å². The average Bonchev–Trinajstić information content (AvgIpc) is 3.35. The van der Waals surface area contributed by atoms with E-state index in [1.54, 1.807) is 29.1 Å². The van der Waals surface area contributed by atoms with E-state index in [0.717, 1.165) is 31.4 Å². The number of unbranched alkanes of at least 4 members (excludes halogenated alkanes) is 3. The molecule has 0 saturated carbocycles. The van der Waals surface area contributed by atoms with Crippen LogP contribution in [-0.2, 0) is 12.3 Å². The summed E-state index contributed by atoms with van der Waals surface area (Å²) in [5.74, 6) is 1.06. The fourth-order valence-corrected chi connectivity index (χ4v) is 4.80. The first-order valence-corrected chi connectivity index (χ1v) is 12.8. The molecule has 1 aromatic carbocycles. The number of benzene rings is 1. The second-order valence-electron chi connectivity index (χ2n) is 8.44. The van der Waals surface area contributed by atoms with Crippen LogP contribution in [0.2, 0.25) is 0 Å². The summed E-state index contributed by atoms with van der Waals surface area (Å²) in [5, 5.41) is 8.47. The summed E-state index contributed by atoms with van der Waals surface area (Å²) in [6.45, 7) is 2.82. The van der Waals surface area contributed by atoms with Crippen LogP contribution in [0.4, 0.5) is 0 Å². The third kappa shape index (κ3) is 4.90. The molecule has 4 aromatic heterocycles. The molecule has 0 unspecified atom stereocenters. The van der Waals surface area contributed by atoms with E-state index >= 15 is 0 Å². The second-order valence-corrected chi connectivity index (χ2v) is 9.38. The molecule has 0 aliphatic rings. The van der Waals surface area contributed by atoms with E-state index in [4.69, 9.17) is 0 Å².